The number of H-pyrrole nitrogens is 2. The third kappa shape index (κ3) is 1.41. The van der Waals surface area contributed by atoms with Gasteiger partial charge in [-0.3, -0.25) is 0 Å². The molecule has 1 aromatic heterocycles. The zero-order valence-corrected chi connectivity index (χ0v) is 8.04. The van der Waals surface area contributed by atoms with E-state index in [1.165, 1.54) is 4.57 Å². The van der Waals surface area contributed by atoms with E-state index in [1.807, 2.05) is 6.92 Å². The second-order valence-electron chi connectivity index (χ2n) is 3.68. The van der Waals surface area contributed by atoms with Crippen LogP contribution in [-0.4, -0.2) is 27.4 Å². The molecule has 1 aliphatic rings. The van der Waals surface area contributed by atoms with Gasteiger partial charge >= 0.3 is 11.4 Å². The summed E-state index contributed by atoms with van der Waals surface area (Å²) in [5.74, 6) is 0. The average molecular weight is 198 g/mol. The highest BCUT2D eigenvalue weighted by molar-refractivity contribution is 4.85. The minimum atomic E-state index is -0.351. The van der Waals surface area contributed by atoms with E-state index in [-0.39, 0.29) is 23.5 Å². The smallest absolute Gasteiger partial charge is 0.312 e. The summed E-state index contributed by atoms with van der Waals surface area (Å²) in [5.41, 5.74) is -0.703. The van der Waals surface area contributed by atoms with Crippen LogP contribution in [0.15, 0.2) is 9.59 Å². The van der Waals surface area contributed by atoms with Gasteiger partial charge in [0.2, 0.25) is 0 Å². The van der Waals surface area contributed by atoms with E-state index in [4.69, 9.17) is 0 Å². The van der Waals surface area contributed by atoms with Crippen LogP contribution in [0, 0.1) is 0 Å². The molecular formula is C8H14N4O2. The highest BCUT2D eigenvalue weighted by atomic mass is 16.2. The zero-order valence-electron chi connectivity index (χ0n) is 8.04. The SMILES string of the molecule is CC1NCCCC1n1c(=O)[nH][nH]c1=O. The van der Waals surface area contributed by atoms with Crippen LogP contribution in [0.1, 0.15) is 25.8 Å². The Hall–Kier alpha value is -1.30. The first kappa shape index (κ1) is 9.26. The van der Waals surface area contributed by atoms with Crippen molar-refractivity contribution in [2.24, 2.45) is 0 Å². The molecule has 2 unspecified atom stereocenters. The molecule has 14 heavy (non-hydrogen) atoms. The molecule has 78 valence electrons. The van der Waals surface area contributed by atoms with Gasteiger partial charge in [-0.15, -0.1) is 0 Å². The van der Waals surface area contributed by atoms with Gasteiger partial charge in [-0.2, -0.15) is 0 Å². The Morgan fingerprint density at radius 2 is 1.93 bits per heavy atom. The lowest BCUT2D eigenvalue weighted by Crippen LogP contribution is -2.45. The van der Waals surface area contributed by atoms with E-state index in [0.29, 0.717) is 0 Å². The molecule has 1 aromatic rings. The highest BCUT2D eigenvalue weighted by Crippen LogP contribution is 2.18. The molecule has 0 bridgehead atoms. The van der Waals surface area contributed by atoms with Crippen molar-refractivity contribution in [3.63, 3.8) is 0 Å². The van der Waals surface area contributed by atoms with E-state index in [2.05, 4.69) is 15.5 Å². The van der Waals surface area contributed by atoms with Gasteiger partial charge in [-0.05, 0) is 26.3 Å². The van der Waals surface area contributed by atoms with Crippen molar-refractivity contribution >= 4 is 0 Å². The molecule has 3 N–H and O–H groups in total. The topological polar surface area (TPSA) is 82.7 Å². The first-order valence-corrected chi connectivity index (χ1v) is 4.82. The summed E-state index contributed by atoms with van der Waals surface area (Å²) in [7, 11) is 0. The number of hydrogen-bond acceptors (Lipinski definition) is 3. The molecular weight excluding hydrogens is 184 g/mol. The van der Waals surface area contributed by atoms with E-state index in [0.717, 1.165) is 19.4 Å². The van der Waals surface area contributed by atoms with Gasteiger partial charge < -0.3 is 5.32 Å². The second-order valence-corrected chi connectivity index (χ2v) is 3.68. The fraction of sp³-hybridized carbons (Fsp3) is 0.750. The maximum Gasteiger partial charge on any atom is 0.344 e. The predicted octanol–water partition coefficient (Wildman–Crippen LogP) is -0.822. The zero-order chi connectivity index (χ0) is 10.1. The molecule has 2 atom stereocenters. The number of hydrogen-bond donors (Lipinski definition) is 3. The number of piperidine rings is 1. The molecule has 1 saturated heterocycles. The van der Waals surface area contributed by atoms with Crippen molar-refractivity contribution in [2.75, 3.05) is 6.54 Å². The molecule has 6 heteroatoms. The number of aromatic amines is 2. The van der Waals surface area contributed by atoms with Crippen molar-refractivity contribution in [2.45, 2.75) is 31.8 Å². The molecule has 1 aliphatic heterocycles. The van der Waals surface area contributed by atoms with E-state index in [9.17, 15) is 9.59 Å². The number of rotatable bonds is 1. The Morgan fingerprint density at radius 1 is 1.29 bits per heavy atom. The summed E-state index contributed by atoms with van der Waals surface area (Å²) < 4.78 is 1.26. The molecule has 0 amide bonds. The quantitative estimate of drug-likeness (QED) is 0.551. The van der Waals surface area contributed by atoms with Gasteiger partial charge in [0.1, 0.15) is 0 Å². The van der Waals surface area contributed by atoms with Crippen molar-refractivity contribution in [3.8, 4) is 0 Å². The van der Waals surface area contributed by atoms with Crippen LogP contribution >= 0.6 is 0 Å². The van der Waals surface area contributed by atoms with Crippen molar-refractivity contribution in [1.29, 1.82) is 0 Å². The van der Waals surface area contributed by atoms with Crippen LogP contribution in [0.4, 0.5) is 0 Å². The summed E-state index contributed by atoms with van der Waals surface area (Å²) in [6.07, 6.45) is 1.86. The fourth-order valence-corrected chi connectivity index (χ4v) is 2.00. The van der Waals surface area contributed by atoms with Gasteiger partial charge in [0.05, 0.1) is 6.04 Å². The van der Waals surface area contributed by atoms with Crippen LogP contribution in [0.5, 0.6) is 0 Å². The summed E-state index contributed by atoms with van der Waals surface area (Å²) in [6, 6.07) is 0.129. The first-order valence-electron chi connectivity index (χ1n) is 4.82. The van der Waals surface area contributed by atoms with Crippen LogP contribution in [0.25, 0.3) is 0 Å². The molecule has 0 aliphatic carbocycles. The lowest BCUT2D eigenvalue weighted by molar-refractivity contribution is 0.285. The fourth-order valence-electron chi connectivity index (χ4n) is 2.00. The lowest BCUT2D eigenvalue weighted by Gasteiger charge is -2.29. The summed E-state index contributed by atoms with van der Waals surface area (Å²) in [4.78, 5) is 22.7. The van der Waals surface area contributed by atoms with Crippen LogP contribution in [0.3, 0.4) is 0 Å². The Kier molecular flexibility index (Phi) is 2.28. The van der Waals surface area contributed by atoms with Crippen LogP contribution < -0.4 is 16.7 Å². The van der Waals surface area contributed by atoms with E-state index < -0.39 is 0 Å². The molecule has 0 saturated carbocycles. The summed E-state index contributed by atoms with van der Waals surface area (Å²) in [5, 5.41) is 7.84. The minimum Gasteiger partial charge on any atom is -0.312 e. The molecule has 2 rings (SSSR count). The molecule has 0 radical (unpaired) electrons. The summed E-state index contributed by atoms with van der Waals surface area (Å²) >= 11 is 0. The number of nitrogens with one attached hydrogen (secondary N) is 3. The van der Waals surface area contributed by atoms with Gasteiger partial charge in [-0.25, -0.2) is 24.4 Å². The Morgan fingerprint density at radius 3 is 2.50 bits per heavy atom. The van der Waals surface area contributed by atoms with Crippen LogP contribution in [0.2, 0.25) is 0 Å². The monoisotopic (exact) mass is 198 g/mol. The van der Waals surface area contributed by atoms with E-state index >= 15 is 0 Å². The molecule has 1 fully saturated rings. The van der Waals surface area contributed by atoms with Crippen molar-refractivity contribution in [1.82, 2.24) is 20.1 Å². The minimum absolute atomic E-state index is 0.0359. The number of aromatic nitrogens is 3. The second kappa shape index (κ2) is 3.45. The third-order valence-electron chi connectivity index (χ3n) is 2.77. The maximum absolute atomic E-state index is 11.3. The molecule has 0 aromatic carbocycles. The predicted molar refractivity (Wildman–Crippen MR) is 51.4 cm³/mol. The Labute approximate surface area is 80.3 Å². The van der Waals surface area contributed by atoms with Crippen LogP contribution in [-0.2, 0) is 0 Å². The van der Waals surface area contributed by atoms with Gasteiger partial charge in [0.25, 0.3) is 0 Å². The largest absolute Gasteiger partial charge is 0.344 e. The average Bonchev–Trinajstić information content (AvgIpc) is 2.48. The highest BCUT2D eigenvalue weighted by Gasteiger charge is 2.25. The van der Waals surface area contributed by atoms with E-state index in [1.54, 1.807) is 0 Å². The normalized spacial score (nSPS) is 27.8. The van der Waals surface area contributed by atoms with Gasteiger partial charge in [0.15, 0.2) is 0 Å². The lowest BCUT2D eigenvalue weighted by atomic mass is 10.00. The first-order chi connectivity index (χ1) is 6.70. The van der Waals surface area contributed by atoms with Gasteiger partial charge in [0, 0.05) is 6.04 Å². The van der Waals surface area contributed by atoms with Crippen molar-refractivity contribution in [3.05, 3.63) is 21.0 Å². The standard InChI is InChI=1S/C8H14N4O2/c1-5-6(3-2-4-9-5)12-7(13)10-11-8(12)14/h5-6,9H,2-4H2,1H3,(H,10,13)(H,11,14). The Bertz CT molecular complexity index is 388. The number of nitrogens with zero attached hydrogens (tertiary/aromatic N) is 1. The van der Waals surface area contributed by atoms with Crippen molar-refractivity contribution < 1.29 is 0 Å². The van der Waals surface area contributed by atoms with Gasteiger partial charge in [-0.1, -0.05) is 0 Å². The third-order valence-corrected chi connectivity index (χ3v) is 2.77. The molecule has 6 nitrogen and oxygen atoms in total. The Balaban J connectivity index is 2.38. The molecule has 0 spiro atoms. The maximum atomic E-state index is 11.3. The summed E-state index contributed by atoms with van der Waals surface area (Å²) in [6.45, 7) is 2.94. The molecule has 2 heterocycles.